The average Bonchev–Trinajstić information content (AvgIpc) is 3.01. The molecule has 1 aromatic heterocycles. The quantitative estimate of drug-likeness (QED) is 0.802. The van der Waals surface area contributed by atoms with Gasteiger partial charge in [-0.3, -0.25) is 4.90 Å². The van der Waals surface area contributed by atoms with Crippen LogP contribution in [0.1, 0.15) is 30.8 Å². The molecule has 2 N–H and O–H groups in total. The first-order valence-electron chi connectivity index (χ1n) is 6.14. The van der Waals surface area contributed by atoms with Gasteiger partial charge in [0.2, 0.25) is 0 Å². The molecule has 1 saturated carbocycles. The van der Waals surface area contributed by atoms with Crippen LogP contribution >= 0.6 is 0 Å². The topological polar surface area (TPSA) is 42.4 Å². The van der Waals surface area contributed by atoms with Gasteiger partial charge in [0, 0.05) is 6.04 Å². The second-order valence-corrected chi connectivity index (χ2v) is 5.04. The summed E-state index contributed by atoms with van der Waals surface area (Å²) >= 11 is 0. The molecule has 0 bridgehead atoms. The lowest BCUT2D eigenvalue weighted by Gasteiger charge is -2.18. The summed E-state index contributed by atoms with van der Waals surface area (Å²) in [5, 5.41) is 0. The van der Waals surface area contributed by atoms with Gasteiger partial charge in [-0.15, -0.1) is 0 Å². The van der Waals surface area contributed by atoms with E-state index in [4.69, 9.17) is 10.2 Å². The minimum Gasteiger partial charge on any atom is -0.465 e. The molecule has 3 nitrogen and oxygen atoms in total. The Kier molecular flexibility index (Phi) is 3.66. The lowest BCUT2D eigenvalue weighted by atomic mass is 10.1. The molecule has 0 radical (unpaired) electrons. The van der Waals surface area contributed by atoms with Crippen LogP contribution in [-0.4, -0.2) is 24.5 Å². The monoisotopic (exact) mass is 222 g/mol. The summed E-state index contributed by atoms with van der Waals surface area (Å²) in [7, 11) is 2.12. The third-order valence-corrected chi connectivity index (χ3v) is 3.29. The SMILES string of the molecule is Cc1ccc(CN(C)CCC(N)C2CC2)o1. The number of hydrogen-bond donors (Lipinski definition) is 1. The highest BCUT2D eigenvalue weighted by molar-refractivity contribution is 5.05. The van der Waals surface area contributed by atoms with Crippen molar-refractivity contribution in [3.8, 4) is 0 Å². The highest BCUT2D eigenvalue weighted by atomic mass is 16.3. The molecule has 0 amide bonds. The summed E-state index contributed by atoms with van der Waals surface area (Å²) < 4.78 is 5.55. The molecule has 0 aromatic carbocycles. The second-order valence-electron chi connectivity index (χ2n) is 5.04. The van der Waals surface area contributed by atoms with E-state index in [0.29, 0.717) is 6.04 Å². The molecule has 1 atom stereocenters. The molecule has 1 unspecified atom stereocenters. The number of hydrogen-bond acceptors (Lipinski definition) is 3. The van der Waals surface area contributed by atoms with Crippen LogP contribution in [0.5, 0.6) is 0 Å². The molecule has 1 aliphatic carbocycles. The van der Waals surface area contributed by atoms with Gasteiger partial charge in [0.1, 0.15) is 11.5 Å². The zero-order valence-electron chi connectivity index (χ0n) is 10.3. The van der Waals surface area contributed by atoms with Gasteiger partial charge in [-0.25, -0.2) is 0 Å². The Hall–Kier alpha value is -0.800. The van der Waals surface area contributed by atoms with Gasteiger partial charge in [0.25, 0.3) is 0 Å². The summed E-state index contributed by atoms with van der Waals surface area (Å²) in [5.74, 6) is 2.83. The van der Waals surface area contributed by atoms with E-state index in [2.05, 4.69) is 11.9 Å². The van der Waals surface area contributed by atoms with Crippen LogP contribution in [0.4, 0.5) is 0 Å². The van der Waals surface area contributed by atoms with E-state index >= 15 is 0 Å². The minimum absolute atomic E-state index is 0.404. The third-order valence-electron chi connectivity index (χ3n) is 3.29. The Morgan fingerprint density at radius 1 is 1.50 bits per heavy atom. The van der Waals surface area contributed by atoms with Gasteiger partial charge < -0.3 is 10.2 Å². The van der Waals surface area contributed by atoms with Crippen LogP contribution in [0.15, 0.2) is 16.5 Å². The van der Waals surface area contributed by atoms with Crippen molar-refractivity contribution in [2.24, 2.45) is 11.7 Å². The molecule has 1 fully saturated rings. The zero-order valence-corrected chi connectivity index (χ0v) is 10.3. The first-order chi connectivity index (χ1) is 7.65. The average molecular weight is 222 g/mol. The Balaban J connectivity index is 1.69. The van der Waals surface area contributed by atoms with Gasteiger partial charge in [0.05, 0.1) is 6.54 Å². The van der Waals surface area contributed by atoms with E-state index in [-0.39, 0.29) is 0 Å². The lowest BCUT2D eigenvalue weighted by molar-refractivity contribution is 0.277. The Morgan fingerprint density at radius 3 is 2.81 bits per heavy atom. The molecule has 16 heavy (non-hydrogen) atoms. The van der Waals surface area contributed by atoms with E-state index in [0.717, 1.165) is 36.9 Å². The molecular weight excluding hydrogens is 200 g/mol. The van der Waals surface area contributed by atoms with E-state index in [1.807, 2.05) is 19.1 Å². The van der Waals surface area contributed by atoms with Crippen molar-refractivity contribution in [1.29, 1.82) is 0 Å². The van der Waals surface area contributed by atoms with Crippen molar-refractivity contribution in [3.63, 3.8) is 0 Å². The molecule has 0 saturated heterocycles. The fourth-order valence-electron chi connectivity index (χ4n) is 2.04. The maximum Gasteiger partial charge on any atom is 0.118 e. The lowest BCUT2D eigenvalue weighted by Crippen LogP contribution is -2.29. The van der Waals surface area contributed by atoms with Gasteiger partial charge >= 0.3 is 0 Å². The summed E-state index contributed by atoms with van der Waals surface area (Å²) in [5.41, 5.74) is 6.07. The van der Waals surface area contributed by atoms with Crippen molar-refractivity contribution >= 4 is 0 Å². The van der Waals surface area contributed by atoms with Crippen LogP contribution in [0.25, 0.3) is 0 Å². The van der Waals surface area contributed by atoms with E-state index in [1.54, 1.807) is 0 Å². The maximum absolute atomic E-state index is 6.07. The maximum atomic E-state index is 6.07. The van der Waals surface area contributed by atoms with E-state index in [9.17, 15) is 0 Å². The number of furan rings is 1. The first-order valence-corrected chi connectivity index (χ1v) is 6.14. The van der Waals surface area contributed by atoms with Gasteiger partial charge in [0.15, 0.2) is 0 Å². The zero-order chi connectivity index (χ0) is 11.5. The molecule has 0 aliphatic heterocycles. The molecule has 0 spiro atoms. The number of rotatable bonds is 6. The Morgan fingerprint density at radius 2 is 2.25 bits per heavy atom. The van der Waals surface area contributed by atoms with Crippen LogP contribution in [-0.2, 0) is 6.54 Å². The van der Waals surface area contributed by atoms with Crippen molar-refractivity contribution in [2.45, 2.75) is 38.8 Å². The van der Waals surface area contributed by atoms with Crippen LogP contribution in [0.2, 0.25) is 0 Å². The highest BCUT2D eigenvalue weighted by Gasteiger charge is 2.28. The molecular formula is C13H22N2O. The molecule has 3 heteroatoms. The highest BCUT2D eigenvalue weighted by Crippen LogP contribution is 2.32. The molecule has 2 rings (SSSR count). The standard InChI is InChI=1S/C13H22N2O/c1-10-3-6-12(16-10)9-15(2)8-7-13(14)11-4-5-11/h3,6,11,13H,4-5,7-9,14H2,1-2H3. The van der Waals surface area contributed by atoms with Crippen molar-refractivity contribution in [1.82, 2.24) is 4.90 Å². The molecule has 90 valence electrons. The number of nitrogens with zero attached hydrogens (tertiary/aromatic N) is 1. The largest absolute Gasteiger partial charge is 0.465 e. The smallest absolute Gasteiger partial charge is 0.118 e. The van der Waals surface area contributed by atoms with Crippen molar-refractivity contribution in [3.05, 3.63) is 23.7 Å². The summed E-state index contributed by atoms with van der Waals surface area (Å²) in [4.78, 5) is 2.28. The summed E-state index contributed by atoms with van der Waals surface area (Å²) in [6.45, 7) is 3.91. The number of nitrogens with two attached hydrogens (primary N) is 1. The normalized spacial score (nSPS) is 18.0. The molecule has 1 aromatic rings. The second kappa shape index (κ2) is 5.02. The predicted molar refractivity (Wildman–Crippen MR) is 65.1 cm³/mol. The predicted octanol–water partition coefficient (Wildman–Crippen LogP) is 2.15. The summed E-state index contributed by atoms with van der Waals surface area (Å²) in [6, 6.07) is 4.46. The van der Waals surface area contributed by atoms with Gasteiger partial charge in [-0.1, -0.05) is 0 Å². The fourth-order valence-corrected chi connectivity index (χ4v) is 2.04. The van der Waals surface area contributed by atoms with E-state index < -0.39 is 0 Å². The van der Waals surface area contributed by atoms with E-state index in [1.165, 1.54) is 12.8 Å². The Bertz CT molecular complexity index is 330. The molecule has 1 aliphatic rings. The fraction of sp³-hybridized carbons (Fsp3) is 0.692. The van der Waals surface area contributed by atoms with Gasteiger partial charge in [-0.05, 0) is 57.8 Å². The van der Waals surface area contributed by atoms with Crippen LogP contribution in [0, 0.1) is 12.8 Å². The van der Waals surface area contributed by atoms with Crippen molar-refractivity contribution in [2.75, 3.05) is 13.6 Å². The third kappa shape index (κ3) is 3.35. The number of aryl methyl sites for hydroxylation is 1. The van der Waals surface area contributed by atoms with Crippen LogP contribution in [0.3, 0.4) is 0 Å². The first kappa shape index (κ1) is 11.7. The minimum atomic E-state index is 0.404. The van der Waals surface area contributed by atoms with Crippen LogP contribution < -0.4 is 5.73 Å². The van der Waals surface area contributed by atoms with Gasteiger partial charge in [-0.2, -0.15) is 0 Å². The Labute approximate surface area is 97.6 Å². The molecule has 1 heterocycles. The summed E-state index contributed by atoms with van der Waals surface area (Å²) in [6.07, 6.45) is 3.77. The van der Waals surface area contributed by atoms with Crippen molar-refractivity contribution < 1.29 is 4.42 Å².